The number of amidine groups is 1. The van der Waals surface area contributed by atoms with Crippen molar-refractivity contribution in [3.8, 4) is 5.75 Å². The highest BCUT2D eigenvalue weighted by molar-refractivity contribution is 8.15. The Labute approximate surface area is 161 Å². The van der Waals surface area contributed by atoms with Gasteiger partial charge in [-0.1, -0.05) is 23.4 Å². The van der Waals surface area contributed by atoms with Crippen LogP contribution in [0.4, 0.5) is 5.69 Å². The van der Waals surface area contributed by atoms with E-state index in [4.69, 9.17) is 21.1 Å². The summed E-state index contributed by atoms with van der Waals surface area (Å²) in [5, 5.41) is 6.01. The van der Waals surface area contributed by atoms with E-state index in [2.05, 4.69) is 15.6 Å². The standard InChI is InChI=1S/C17H22ClN3O4S/c1-9-5-12(13(25-4)6-11(9)18)20-15(22)7-14-16(23)21-17(26-14)19-10(2)8-24-3/h5-6,10,14H,7-8H2,1-4H3,(H,20,22)(H,19,21,23). The molecule has 1 saturated heterocycles. The third-order valence-electron chi connectivity index (χ3n) is 3.65. The second-order valence-corrected chi connectivity index (χ2v) is 7.49. The molecular formula is C17H22ClN3O4S. The number of halogens is 1. The lowest BCUT2D eigenvalue weighted by Crippen LogP contribution is -2.28. The molecule has 1 aromatic carbocycles. The van der Waals surface area contributed by atoms with E-state index in [1.165, 1.54) is 18.9 Å². The molecule has 2 unspecified atom stereocenters. The van der Waals surface area contributed by atoms with Gasteiger partial charge in [-0.3, -0.25) is 14.6 Å². The number of hydrogen-bond acceptors (Lipinski definition) is 6. The van der Waals surface area contributed by atoms with Crippen LogP contribution in [0.2, 0.25) is 5.02 Å². The van der Waals surface area contributed by atoms with Crippen LogP contribution in [0.25, 0.3) is 0 Å². The molecule has 9 heteroatoms. The third kappa shape index (κ3) is 5.36. The number of aliphatic imine (C=N–C) groups is 1. The Morgan fingerprint density at radius 3 is 2.85 bits per heavy atom. The van der Waals surface area contributed by atoms with Gasteiger partial charge in [0.15, 0.2) is 5.17 Å². The van der Waals surface area contributed by atoms with Gasteiger partial charge in [0.25, 0.3) is 0 Å². The number of ether oxygens (including phenoxy) is 2. The van der Waals surface area contributed by atoms with Gasteiger partial charge in [-0.25, -0.2) is 0 Å². The number of hydrogen-bond donors (Lipinski definition) is 2. The minimum absolute atomic E-state index is 0.0268. The van der Waals surface area contributed by atoms with Gasteiger partial charge in [-0.2, -0.15) is 0 Å². The molecule has 0 radical (unpaired) electrons. The molecule has 0 bridgehead atoms. The van der Waals surface area contributed by atoms with Crippen LogP contribution < -0.4 is 15.4 Å². The third-order valence-corrected chi connectivity index (χ3v) is 5.15. The predicted octanol–water partition coefficient (Wildman–Crippen LogP) is 2.61. The van der Waals surface area contributed by atoms with E-state index in [1.54, 1.807) is 19.2 Å². The summed E-state index contributed by atoms with van der Waals surface area (Å²) >= 11 is 7.31. The molecule has 0 spiro atoms. The average molecular weight is 400 g/mol. The number of methoxy groups -OCH3 is 2. The van der Waals surface area contributed by atoms with Crippen LogP contribution in [0, 0.1) is 6.92 Å². The minimum Gasteiger partial charge on any atom is -0.495 e. The van der Waals surface area contributed by atoms with Crippen LogP contribution >= 0.6 is 23.4 Å². The van der Waals surface area contributed by atoms with Crippen LogP contribution in [-0.2, 0) is 14.3 Å². The maximum absolute atomic E-state index is 12.4. The van der Waals surface area contributed by atoms with Crippen molar-refractivity contribution in [1.29, 1.82) is 0 Å². The van der Waals surface area contributed by atoms with Crippen molar-refractivity contribution in [1.82, 2.24) is 5.32 Å². The largest absolute Gasteiger partial charge is 0.495 e. The van der Waals surface area contributed by atoms with Crippen molar-refractivity contribution >= 4 is 46.0 Å². The van der Waals surface area contributed by atoms with Crippen molar-refractivity contribution in [3.63, 3.8) is 0 Å². The summed E-state index contributed by atoms with van der Waals surface area (Å²) in [4.78, 5) is 28.8. The SMILES string of the molecule is COCC(C)N=C1NC(=O)C(CC(=O)Nc2cc(C)c(Cl)cc2OC)S1. The highest BCUT2D eigenvalue weighted by Gasteiger charge is 2.32. The average Bonchev–Trinajstić information content (AvgIpc) is 2.89. The maximum Gasteiger partial charge on any atom is 0.240 e. The fourth-order valence-electron chi connectivity index (χ4n) is 2.38. The molecule has 2 N–H and O–H groups in total. The van der Waals surface area contributed by atoms with Crippen molar-refractivity contribution in [2.75, 3.05) is 26.1 Å². The molecule has 142 valence electrons. The number of carbonyl (C=O) groups excluding carboxylic acids is 2. The zero-order valence-corrected chi connectivity index (χ0v) is 16.7. The highest BCUT2D eigenvalue weighted by Crippen LogP contribution is 2.31. The fraction of sp³-hybridized carbons (Fsp3) is 0.471. The summed E-state index contributed by atoms with van der Waals surface area (Å²) in [5.41, 5.74) is 1.34. The number of amides is 2. The lowest BCUT2D eigenvalue weighted by molar-refractivity contribution is -0.122. The first kappa shape index (κ1) is 20.5. The Kier molecular flexibility index (Phi) is 7.31. The number of carbonyl (C=O) groups is 2. The molecule has 1 heterocycles. The number of rotatable bonds is 7. The number of nitrogens with one attached hydrogen (secondary N) is 2. The molecule has 0 aromatic heterocycles. The van der Waals surface area contributed by atoms with Gasteiger partial charge in [-0.15, -0.1) is 0 Å². The van der Waals surface area contributed by atoms with Gasteiger partial charge < -0.3 is 20.1 Å². The highest BCUT2D eigenvalue weighted by atomic mass is 35.5. The zero-order valence-electron chi connectivity index (χ0n) is 15.1. The van der Waals surface area contributed by atoms with Crippen LogP contribution in [0.5, 0.6) is 5.75 Å². The van der Waals surface area contributed by atoms with Crippen LogP contribution in [0.3, 0.4) is 0 Å². The first-order valence-corrected chi connectivity index (χ1v) is 9.28. The van der Waals surface area contributed by atoms with Gasteiger partial charge in [0, 0.05) is 24.6 Å². The molecule has 2 amide bonds. The van der Waals surface area contributed by atoms with E-state index in [1.807, 2.05) is 13.8 Å². The smallest absolute Gasteiger partial charge is 0.240 e. The summed E-state index contributed by atoms with van der Waals surface area (Å²) in [7, 11) is 3.10. The summed E-state index contributed by atoms with van der Waals surface area (Å²) in [5.74, 6) is -0.0512. The topological polar surface area (TPSA) is 89.0 Å². The summed E-state index contributed by atoms with van der Waals surface area (Å²) < 4.78 is 10.3. The Balaban J connectivity index is 2.00. The van der Waals surface area contributed by atoms with E-state index < -0.39 is 5.25 Å². The predicted molar refractivity (Wildman–Crippen MR) is 104 cm³/mol. The maximum atomic E-state index is 12.4. The van der Waals surface area contributed by atoms with E-state index in [0.29, 0.717) is 28.2 Å². The lowest BCUT2D eigenvalue weighted by Gasteiger charge is -2.13. The van der Waals surface area contributed by atoms with E-state index in [-0.39, 0.29) is 24.3 Å². The Bertz CT molecular complexity index is 726. The van der Waals surface area contributed by atoms with Gasteiger partial charge in [0.2, 0.25) is 11.8 Å². The normalized spacial score (nSPS) is 19.3. The van der Waals surface area contributed by atoms with Crippen molar-refractivity contribution in [2.24, 2.45) is 4.99 Å². The molecule has 1 aliphatic rings. The number of benzene rings is 1. The van der Waals surface area contributed by atoms with Crippen LogP contribution in [0.1, 0.15) is 18.9 Å². The Morgan fingerprint density at radius 2 is 2.19 bits per heavy atom. The van der Waals surface area contributed by atoms with Gasteiger partial charge in [-0.05, 0) is 25.5 Å². The summed E-state index contributed by atoms with van der Waals surface area (Å²) in [6.07, 6.45) is 0.0268. The molecule has 7 nitrogen and oxygen atoms in total. The van der Waals surface area contributed by atoms with Crippen molar-refractivity contribution < 1.29 is 19.1 Å². The molecule has 0 aliphatic carbocycles. The molecule has 1 aliphatic heterocycles. The van der Waals surface area contributed by atoms with Gasteiger partial charge in [0.05, 0.1) is 25.4 Å². The lowest BCUT2D eigenvalue weighted by atomic mass is 10.2. The van der Waals surface area contributed by atoms with E-state index >= 15 is 0 Å². The number of anilines is 1. The molecule has 2 rings (SSSR count). The molecule has 26 heavy (non-hydrogen) atoms. The molecule has 1 aromatic rings. The molecule has 1 fully saturated rings. The number of thioether (sulfide) groups is 1. The summed E-state index contributed by atoms with van der Waals surface area (Å²) in [6, 6.07) is 3.31. The second-order valence-electron chi connectivity index (χ2n) is 5.89. The fourth-order valence-corrected chi connectivity index (χ4v) is 3.60. The monoisotopic (exact) mass is 399 g/mol. The van der Waals surface area contributed by atoms with Gasteiger partial charge >= 0.3 is 0 Å². The second kappa shape index (κ2) is 9.25. The Hall–Kier alpha value is -1.77. The number of aryl methyl sites for hydroxylation is 1. The first-order valence-electron chi connectivity index (χ1n) is 8.02. The number of nitrogens with zero attached hydrogens (tertiary/aromatic N) is 1. The van der Waals surface area contributed by atoms with Crippen molar-refractivity contribution in [3.05, 3.63) is 22.7 Å². The molecular weight excluding hydrogens is 378 g/mol. The Morgan fingerprint density at radius 1 is 1.46 bits per heavy atom. The zero-order chi connectivity index (χ0) is 19.3. The van der Waals surface area contributed by atoms with Crippen LogP contribution in [0.15, 0.2) is 17.1 Å². The van der Waals surface area contributed by atoms with Crippen LogP contribution in [-0.4, -0.2) is 49.1 Å². The van der Waals surface area contributed by atoms with Crippen molar-refractivity contribution in [2.45, 2.75) is 31.6 Å². The first-order chi connectivity index (χ1) is 12.3. The van der Waals surface area contributed by atoms with Gasteiger partial charge in [0.1, 0.15) is 11.0 Å². The summed E-state index contributed by atoms with van der Waals surface area (Å²) in [6.45, 7) is 4.18. The molecule has 0 saturated carbocycles. The van der Waals surface area contributed by atoms with E-state index in [9.17, 15) is 9.59 Å². The molecule has 2 atom stereocenters. The quantitative estimate of drug-likeness (QED) is 0.735. The minimum atomic E-state index is -0.525. The van der Waals surface area contributed by atoms with E-state index in [0.717, 1.165) is 5.56 Å².